The van der Waals surface area contributed by atoms with Crippen LogP contribution in [0.15, 0.2) is 0 Å². The molecule has 16 heavy (non-hydrogen) atoms. The van der Waals surface area contributed by atoms with Gasteiger partial charge in [-0.15, -0.1) is 6.42 Å². The number of hydrogen-bond acceptors (Lipinski definition) is 2. The minimum absolute atomic E-state index is 0.176. The summed E-state index contributed by atoms with van der Waals surface area (Å²) in [6, 6.07) is 0. The van der Waals surface area contributed by atoms with Crippen LogP contribution in [0.2, 0.25) is 5.31 Å². The summed E-state index contributed by atoms with van der Waals surface area (Å²) in [6.07, 6.45) is 6.63. The third kappa shape index (κ3) is 7.84. The van der Waals surface area contributed by atoms with Crippen molar-refractivity contribution in [2.45, 2.75) is 57.8 Å². The van der Waals surface area contributed by atoms with Crippen molar-refractivity contribution in [1.29, 1.82) is 0 Å². The third-order valence-electron chi connectivity index (χ3n) is 2.62. The highest BCUT2D eigenvalue weighted by molar-refractivity contribution is 6.68. The summed E-state index contributed by atoms with van der Waals surface area (Å²) in [5, 5.41) is -0.0919. The monoisotopic (exact) mass is 221 g/mol. The zero-order valence-corrected chi connectivity index (χ0v) is 11.5. The number of rotatable bonds is 7. The molecule has 0 aliphatic heterocycles. The first-order chi connectivity index (χ1) is 7.18. The maximum atomic E-state index is 6.16. The zero-order valence-electron chi connectivity index (χ0n) is 11.5. The van der Waals surface area contributed by atoms with Crippen molar-refractivity contribution < 1.29 is 4.74 Å². The second-order valence-electron chi connectivity index (χ2n) is 6.05. The quantitative estimate of drug-likeness (QED) is 0.516. The average molecular weight is 221 g/mol. The summed E-state index contributed by atoms with van der Waals surface area (Å²) in [5.41, 5.74) is 6.16. The first-order valence-electron chi connectivity index (χ1n) is 6.02. The first kappa shape index (κ1) is 15.6. The summed E-state index contributed by atoms with van der Waals surface area (Å²) in [4.78, 5) is 0. The largest absolute Gasteiger partial charge is 0.379 e. The van der Waals surface area contributed by atoms with E-state index in [1.165, 1.54) is 0 Å². The van der Waals surface area contributed by atoms with E-state index in [2.05, 4.69) is 33.5 Å². The van der Waals surface area contributed by atoms with Crippen LogP contribution in [-0.4, -0.2) is 32.6 Å². The summed E-state index contributed by atoms with van der Waals surface area (Å²) < 4.78 is 5.57. The molecule has 0 saturated carbocycles. The molecule has 0 aromatic rings. The SMILES string of the molecule is C#CBC(C)(N)BC(C)(C)CCOC(C)C. The van der Waals surface area contributed by atoms with E-state index < -0.39 is 0 Å². The highest BCUT2D eigenvalue weighted by atomic mass is 16.5. The van der Waals surface area contributed by atoms with E-state index in [0.29, 0.717) is 13.4 Å². The van der Waals surface area contributed by atoms with Crippen LogP contribution in [0, 0.1) is 12.2 Å². The smallest absolute Gasteiger partial charge is 0.225 e. The predicted molar refractivity (Wildman–Crippen MR) is 75.5 cm³/mol. The molecule has 0 heterocycles. The molecule has 0 aliphatic rings. The Bertz CT molecular complexity index is 244. The minimum Gasteiger partial charge on any atom is -0.379 e. The van der Waals surface area contributed by atoms with Crippen molar-refractivity contribution in [3.05, 3.63) is 0 Å². The number of terminal acetylenes is 1. The molecule has 4 heteroatoms. The Hall–Kier alpha value is -0.390. The molecule has 0 rings (SSSR count). The minimum atomic E-state index is -0.268. The molecular formula is C12H25B2NO. The van der Waals surface area contributed by atoms with E-state index in [1.807, 2.05) is 6.92 Å². The third-order valence-corrected chi connectivity index (χ3v) is 2.62. The van der Waals surface area contributed by atoms with Crippen LogP contribution in [0.4, 0.5) is 0 Å². The average Bonchev–Trinajstić information content (AvgIpc) is 1.99. The van der Waals surface area contributed by atoms with Gasteiger partial charge in [0.05, 0.1) is 6.10 Å². The van der Waals surface area contributed by atoms with E-state index >= 15 is 0 Å². The molecule has 0 radical (unpaired) electrons. The van der Waals surface area contributed by atoms with Crippen molar-refractivity contribution >= 4 is 14.6 Å². The van der Waals surface area contributed by atoms with E-state index in [-0.39, 0.29) is 10.7 Å². The first-order valence-corrected chi connectivity index (χ1v) is 6.02. The highest BCUT2D eigenvalue weighted by Crippen LogP contribution is 2.30. The van der Waals surface area contributed by atoms with Gasteiger partial charge in [-0.25, -0.2) is 0 Å². The van der Waals surface area contributed by atoms with Crippen LogP contribution in [-0.2, 0) is 4.74 Å². The lowest BCUT2D eigenvalue weighted by molar-refractivity contribution is 0.0720. The lowest BCUT2D eigenvalue weighted by atomic mass is 9.32. The van der Waals surface area contributed by atoms with Gasteiger partial charge in [-0.2, -0.15) is 5.82 Å². The molecular weight excluding hydrogens is 196 g/mol. The number of hydrogen-bond donors (Lipinski definition) is 1. The molecule has 0 saturated heterocycles. The topological polar surface area (TPSA) is 35.2 Å². The van der Waals surface area contributed by atoms with E-state index in [9.17, 15) is 0 Å². The predicted octanol–water partition coefficient (Wildman–Crippen LogP) is 1.10. The van der Waals surface area contributed by atoms with Crippen molar-refractivity contribution in [1.82, 2.24) is 0 Å². The van der Waals surface area contributed by atoms with Gasteiger partial charge in [-0.3, -0.25) is 0 Å². The Morgan fingerprint density at radius 1 is 1.38 bits per heavy atom. The van der Waals surface area contributed by atoms with Crippen LogP contribution >= 0.6 is 0 Å². The van der Waals surface area contributed by atoms with Crippen LogP contribution in [0.3, 0.4) is 0 Å². The van der Waals surface area contributed by atoms with Crippen molar-refractivity contribution in [3.63, 3.8) is 0 Å². The molecule has 1 atom stereocenters. The Kier molecular flexibility index (Phi) is 6.22. The fourth-order valence-electron chi connectivity index (χ4n) is 2.05. The molecule has 2 nitrogen and oxygen atoms in total. The zero-order chi connectivity index (χ0) is 12.8. The molecule has 1 unspecified atom stereocenters. The van der Waals surface area contributed by atoms with Crippen molar-refractivity contribution in [3.8, 4) is 12.2 Å². The van der Waals surface area contributed by atoms with Crippen LogP contribution < -0.4 is 5.73 Å². The van der Waals surface area contributed by atoms with E-state index in [1.54, 1.807) is 0 Å². The van der Waals surface area contributed by atoms with Gasteiger partial charge in [0, 0.05) is 6.61 Å². The van der Waals surface area contributed by atoms with Crippen molar-refractivity contribution in [2.75, 3.05) is 6.61 Å². The van der Waals surface area contributed by atoms with Gasteiger partial charge in [0.1, 0.15) is 7.28 Å². The molecule has 0 amide bonds. The van der Waals surface area contributed by atoms with Gasteiger partial charge in [-0.1, -0.05) is 26.1 Å². The highest BCUT2D eigenvalue weighted by Gasteiger charge is 2.31. The fraction of sp³-hybridized carbons (Fsp3) is 0.833. The van der Waals surface area contributed by atoms with Crippen LogP contribution in [0.1, 0.15) is 41.0 Å². The summed E-state index contributed by atoms with van der Waals surface area (Å²) >= 11 is 0. The van der Waals surface area contributed by atoms with Gasteiger partial charge in [-0.05, 0) is 25.6 Å². The molecule has 0 spiro atoms. The standard InChI is InChI=1S/C12H25B2NO/c1-7-13-12(6,15)14-11(4,5)8-9-16-10(2)3/h1,10,13-14H,8-9,15H2,2-6H3. The van der Waals surface area contributed by atoms with Gasteiger partial charge < -0.3 is 10.5 Å². The van der Waals surface area contributed by atoms with Crippen molar-refractivity contribution in [2.24, 2.45) is 5.73 Å². The lowest BCUT2D eigenvalue weighted by Gasteiger charge is -2.32. The second kappa shape index (κ2) is 6.37. The molecule has 0 aliphatic carbocycles. The second-order valence-corrected chi connectivity index (χ2v) is 6.05. The normalized spacial score (nSPS) is 15.4. The molecule has 90 valence electrons. The maximum Gasteiger partial charge on any atom is 0.225 e. The molecule has 0 aromatic carbocycles. The van der Waals surface area contributed by atoms with Gasteiger partial charge in [0.2, 0.25) is 7.28 Å². The summed E-state index contributed by atoms with van der Waals surface area (Å²) in [6.45, 7) is 11.4. The number of nitrogens with two attached hydrogens (primary N) is 1. The Morgan fingerprint density at radius 3 is 2.38 bits per heavy atom. The molecule has 0 bridgehead atoms. The Labute approximate surface area is 102 Å². The maximum absolute atomic E-state index is 6.16. The van der Waals surface area contributed by atoms with Crippen LogP contribution in [0.5, 0.6) is 0 Å². The van der Waals surface area contributed by atoms with Gasteiger partial charge >= 0.3 is 0 Å². The molecule has 2 N–H and O–H groups in total. The molecule has 0 aromatic heterocycles. The summed E-state index contributed by atoms with van der Waals surface area (Å²) in [5.74, 6) is 2.65. The Balaban J connectivity index is 4.08. The summed E-state index contributed by atoms with van der Waals surface area (Å²) in [7, 11) is 1.55. The lowest BCUT2D eigenvalue weighted by Crippen LogP contribution is -2.51. The van der Waals surface area contributed by atoms with Crippen LogP contribution in [0.25, 0.3) is 0 Å². The Morgan fingerprint density at radius 2 is 1.94 bits per heavy atom. The van der Waals surface area contributed by atoms with E-state index in [4.69, 9.17) is 16.9 Å². The number of ether oxygens (including phenoxy) is 1. The van der Waals surface area contributed by atoms with Gasteiger partial charge in [0.15, 0.2) is 0 Å². The van der Waals surface area contributed by atoms with E-state index in [0.717, 1.165) is 20.3 Å². The van der Waals surface area contributed by atoms with Gasteiger partial charge in [0.25, 0.3) is 0 Å². The molecule has 0 fully saturated rings. The fourth-order valence-corrected chi connectivity index (χ4v) is 2.05.